The number of fused-ring (bicyclic) bond motifs is 1. The molecular formula is C18H26N2O5Si. The molecule has 1 aromatic carbocycles. The van der Waals surface area contributed by atoms with E-state index >= 15 is 0 Å². The molecule has 7 nitrogen and oxygen atoms in total. The van der Waals surface area contributed by atoms with E-state index in [0.29, 0.717) is 11.1 Å². The Hall–Kier alpha value is -2.03. The number of hydroxylamine groups is 2. The molecule has 1 heterocycles. The molecular weight excluding hydrogens is 352 g/mol. The lowest BCUT2D eigenvalue weighted by atomic mass is 10.1. The lowest BCUT2D eigenvalue weighted by Crippen LogP contribution is -2.48. The number of benzene rings is 1. The van der Waals surface area contributed by atoms with Crippen molar-refractivity contribution in [1.82, 2.24) is 5.06 Å². The van der Waals surface area contributed by atoms with Crippen LogP contribution >= 0.6 is 0 Å². The second-order valence-corrected chi connectivity index (χ2v) is 12.6. The third-order valence-corrected chi connectivity index (χ3v) is 9.40. The molecule has 0 spiro atoms. The number of primary amides is 1. The highest BCUT2D eigenvalue weighted by molar-refractivity contribution is 6.74. The predicted octanol–water partition coefficient (Wildman–Crippen LogP) is 2.48. The molecule has 26 heavy (non-hydrogen) atoms. The van der Waals surface area contributed by atoms with E-state index in [1.54, 1.807) is 24.3 Å². The molecule has 8 heteroatoms. The van der Waals surface area contributed by atoms with Gasteiger partial charge in [0.25, 0.3) is 11.8 Å². The van der Waals surface area contributed by atoms with Gasteiger partial charge in [0.15, 0.2) is 8.32 Å². The summed E-state index contributed by atoms with van der Waals surface area (Å²) in [6, 6.07) is 6.52. The molecule has 1 aromatic rings. The van der Waals surface area contributed by atoms with Gasteiger partial charge < -0.3 is 10.2 Å². The quantitative estimate of drug-likeness (QED) is 0.580. The highest BCUT2D eigenvalue weighted by atomic mass is 28.4. The summed E-state index contributed by atoms with van der Waals surface area (Å²) < 4.78 is 6.04. The van der Waals surface area contributed by atoms with Gasteiger partial charge in [0.1, 0.15) is 6.10 Å². The second kappa shape index (κ2) is 7.30. The molecule has 142 valence electrons. The normalized spacial score (nSPS) is 16.0. The molecule has 0 aliphatic carbocycles. The van der Waals surface area contributed by atoms with E-state index in [-0.39, 0.29) is 18.1 Å². The van der Waals surface area contributed by atoms with E-state index in [0.717, 1.165) is 5.06 Å². The minimum absolute atomic E-state index is 0.0340. The molecule has 1 aliphatic rings. The molecule has 0 radical (unpaired) electrons. The maximum atomic E-state index is 12.2. The highest BCUT2D eigenvalue weighted by Crippen LogP contribution is 2.37. The Morgan fingerprint density at radius 2 is 1.65 bits per heavy atom. The Kier molecular flexibility index (Phi) is 5.69. The van der Waals surface area contributed by atoms with E-state index in [2.05, 4.69) is 20.8 Å². The summed E-state index contributed by atoms with van der Waals surface area (Å²) in [7, 11) is -2.19. The maximum absolute atomic E-state index is 12.2. The van der Waals surface area contributed by atoms with Gasteiger partial charge in [0, 0.05) is 6.42 Å². The van der Waals surface area contributed by atoms with E-state index in [4.69, 9.17) is 15.0 Å². The average Bonchev–Trinajstić information content (AvgIpc) is 2.78. The molecule has 1 atom stereocenters. The van der Waals surface area contributed by atoms with Gasteiger partial charge in [-0.1, -0.05) is 32.9 Å². The van der Waals surface area contributed by atoms with E-state index < -0.39 is 32.1 Å². The monoisotopic (exact) mass is 378 g/mol. The van der Waals surface area contributed by atoms with Crippen LogP contribution < -0.4 is 5.73 Å². The van der Waals surface area contributed by atoms with E-state index in [1.807, 2.05) is 13.1 Å². The number of hydrogen-bond acceptors (Lipinski definition) is 5. The maximum Gasteiger partial charge on any atom is 0.285 e. The zero-order chi connectivity index (χ0) is 19.7. The lowest BCUT2D eigenvalue weighted by Gasteiger charge is -2.38. The molecule has 0 saturated heterocycles. The zero-order valence-electron chi connectivity index (χ0n) is 15.9. The SMILES string of the molecule is CC(C)(C)[Si](C)(C)O[C@@H](CCON1C(=O)c2ccccc2C1=O)C(N)=O. The summed E-state index contributed by atoms with van der Waals surface area (Å²) in [4.78, 5) is 41.6. The Morgan fingerprint density at radius 1 is 1.15 bits per heavy atom. The summed E-state index contributed by atoms with van der Waals surface area (Å²) >= 11 is 0. The van der Waals surface area contributed by atoms with E-state index in [9.17, 15) is 14.4 Å². The lowest BCUT2D eigenvalue weighted by molar-refractivity contribution is -0.129. The fourth-order valence-electron chi connectivity index (χ4n) is 2.33. The van der Waals surface area contributed by atoms with Crippen LogP contribution in [0.25, 0.3) is 0 Å². The van der Waals surface area contributed by atoms with E-state index in [1.165, 1.54) is 0 Å². The molecule has 2 rings (SSSR count). The number of carbonyl (C=O) groups excluding carboxylic acids is 3. The number of rotatable bonds is 7. The fraction of sp³-hybridized carbons (Fsp3) is 0.500. The standard InChI is InChI=1S/C18H26N2O5Si/c1-18(2,3)26(4,5)25-14(15(19)21)10-11-24-20-16(22)12-8-6-7-9-13(12)17(20)23/h6-9,14H,10-11H2,1-5H3,(H2,19,21)/t14-/m0/s1. The van der Waals surface area contributed by atoms with Gasteiger partial charge in [-0.15, -0.1) is 5.06 Å². The average molecular weight is 379 g/mol. The third-order valence-electron chi connectivity index (χ3n) is 4.92. The third kappa shape index (κ3) is 4.03. The summed E-state index contributed by atoms with van der Waals surface area (Å²) in [5.74, 6) is -1.60. The van der Waals surface area contributed by atoms with Crippen LogP contribution in [-0.4, -0.2) is 43.8 Å². The van der Waals surface area contributed by atoms with Gasteiger partial charge in [-0.3, -0.25) is 19.2 Å². The zero-order valence-corrected chi connectivity index (χ0v) is 16.9. The first-order chi connectivity index (χ1) is 12.0. The molecule has 0 bridgehead atoms. The molecule has 0 aromatic heterocycles. The van der Waals surface area contributed by atoms with Crippen molar-refractivity contribution in [3.63, 3.8) is 0 Å². The molecule has 0 fully saturated rings. The summed E-state index contributed by atoms with van der Waals surface area (Å²) in [5, 5.41) is 0.652. The summed E-state index contributed by atoms with van der Waals surface area (Å²) in [6.45, 7) is 10.2. The Labute approximate surface area is 154 Å². The largest absolute Gasteiger partial charge is 0.405 e. The van der Waals surface area contributed by atoms with Crippen molar-refractivity contribution in [2.75, 3.05) is 6.61 Å². The van der Waals surface area contributed by atoms with Gasteiger partial charge in [0.2, 0.25) is 5.91 Å². The van der Waals surface area contributed by atoms with Crippen molar-refractivity contribution in [3.8, 4) is 0 Å². The molecule has 1 aliphatic heterocycles. The van der Waals surface area contributed by atoms with Crippen molar-refractivity contribution in [2.24, 2.45) is 5.73 Å². The number of nitrogens with zero attached hydrogens (tertiary/aromatic N) is 1. The second-order valence-electron chi connectivity index (χ2n) is 7.84. The van der Waals surface area contributed by atoms with Crippen molar-refractivity contribution in [2.45, 2.75) is 51.4 Å². The van der Waals surface area contributed by atoms with Gasteiger partial charge in [0.05, 0.1) is 17.7 Å². The minimum atomic E-state index is -2.19. The van der Waals surface area contributed by atoms with Crippen LogP contribution in [-0.2, 0) is 14.1 Å². The van der Waals surface area contributed by atoms with Crippen LogP contribution in [0.4, 0.5) is 0 Å². The Morgan fingerprint density at radius 3 is 2.08 bits per heavy atom. The van der Waals surface area contributed by atoms with Gasteiger partial charge in [-0.2, -0.15) is 0 Å². The predicted molar refractivity (Wildman–Crippen MR) is 98.8 cm³/mol. The van der Waals surface area contributed by atoms with Crippen molar-refractivity contribution in [1.29, 1.82) is 0 Å². The van der Waals surface area contributed by atoms with Crippen LogP contribution in [0.3, 0.4) is 0 Å². The smallest absolute Gasteiger partial charge is 0.285 e. The number of hydrogen-bond donors (Lipinski definition) is 1. The van der Waals surface area contributed by atoms with Crippen LogP contribution in [0.15, 0.2) is 24.3 Å². The molecule has 3 amide bonds. The number of amides is 3. The molecule has 2 N–H and O–H groups in total. The summed E-state index contributed by atoms with van der Waals surface area (Å²) in [5.41, 5.74) is 6.07. The first-order valence-corrected chi connectivity index (χ1v) is 11.4. The van der Waals surface area contributed by atoms with Crippen molar-refractivity contribution >= 4 is 26.0 Å². The summed E-state index contributed by atoms with van der Waals surface area (Å²) in [6.07, 6.45) is -0.666. The molecule has 0 saturated carbocycles. The van der Waals surface area contributed by atoms with Gasteiger partial charge >= 0.3 is 0 Å². The van der Waals surface area contributed by atoms with Crippen molar-refractivity contribution in [3.05, 3.63) is 35.4 Å². The number of carbonyl (C=O) groups is 3. The first kappa shape index (κ1) is 20.3. The van der Waals surface area contributed by atoms with Crippen LogP contribution in [0.2, 0.25) is 18.1 Å². The van der Waals surface area contributed by atoms with Gasteiger partial charge in [-0.05, 0) is 30.3 Å². The highest BCUT2D eigenvalue weighted by Gasteiger charge is 2.41. The fourth-order valence-corrected chi connectivity index (χ4v) is 3.63. The first-order valence-electron chi connectivity index (χ1n) is 8.53. The van der Waals surface area contributed by atoms with Crippen LogP contribution in [0, 0.1) is 0 Å². The number of imide groups is 1. The molecule has 0 unspecified atom stereocenters. The van der Waals surface area contributed by atoms with Crippen LogP contribution in [0.1, 0.15) is 47.9 Å². The topological polar surface area (TPSA) is 98.9 Å². The van der Waals surface area contributed by atoms with Crippen LogP contribution in [0.5, 0.6) is 0 Å². The van der Waals surface area contributed by atoms with Crippen molar-refractivity contribution < 1.29 is 23.6 Å². The number of nitrogens with two attached hydrogens (primary N) is 1. The minimum Gasteiger partial charge on any atom is -0.405 e. The Bertz CT molecular complexity index is 692. The van der Waals surface area contributed by atoms with Gasteiger partial charge in [-0.25, -0.2) is 0 Å². The Balaban J connectivity index is 1.98.